The van der Waals surface area contributed by atoms with E-state index in [4.69, 9.17) is 5.26 Å². The van der Waals surface area contributed by atoms with Crippen molar-refractivity contribution in [1.29, 1.82) is 5.26 Å². The lowest BCUT2D eigenvalue weighted by molar-refractivity contribution is -0.141. The fourth-order valence-electron chi connectivity index (χ4n) is 2.65. The first-order chi connectivity index (χ1) is 12.0. The molecule has 25 heavy (non-hydrogen) atoms. The van der Waals surface area contributed by atoms with Crippen molar-refractivity contribution in [3.8, 4) is 6.07 Å². The summed E-state index contributed by atoms with van der Waals surface area (Å²) in [6.45, 7) is 1.81. The summed E-state index contributed by atoms with van der Waals surface area (Å²) in [4.78, 5) is 13.5. The van der Waals surface area contributed by atoms with Gasteiger partial charge in [-0.15, -0.1) is 0 Å². The Kier molecular flexibility index (Phi) is 4.70. The molecule has 0 spiro atoms. The standard InChI is InChI=1S/C16H15F3N6/c17-16(18,19)13-3-5-21-15(24-13)25-6-4-12(10-25)9-23-14-2-1-11(7-20)8-22-14/h1-3,5,8,12H,4,6,9-10H2,(H,22,23)/t12-/m0/s1. The predicted octanol–water partition coefficient (Wildman–Crippen LogP) is 2.70. The lowest BCUT2D eigenvalue weighted by Gasteiger charge is -2.17. The Balaban J connectivity index is 1.57. The molecule has 9 heteroatoms. The number of alkyl halides is 3. The van der Waals surface area contributed by atoms with Crippen LogP contribution in [0.1, 0.15) is 17.7 Å². The van der Waals surface area contributed by atoms with Crippen LogP contribution in [0.5, 0.6) is 0 Å². The molecule has 1 atom stereocenters. The Morgan fingerprint density at radius 3 is 2.80 bits per heavy atom. The second kappa shape index (κ2) is 6.93. The Bertz CT molecular complexity index is 769. The molecular weight excluding hydrogens is 333 g/mol. The van der Waals surface area contributed by atoms with Gasteiger partial charge in [0.25, 0.3) is 0 Å². The summed E-state index contributed by atoms with van der Waals surface area (Å²) in [7, 11) is 0. The molecule has 2 aromatic heterocycles. The zero-order chi connectivity index (χ0) is 17.9. The van der Waals surface area contributed by atoms with Gasteiger partial charge in [-0.2, -0.15) is 18.4 Å². The number of nitriles is 1. The van der Waals surface area contributed by atoms with E-state index in [1.165, 1.54) is 6.20 Å². The van der Waals surface area contributed by atoms with Gasteiger partial charge in [0.1, 0.15) is 17.6 Å². The maximum Gasteiger partial charge on any atom is 0.433 e. The molecule has 0 unspecified atom stereocenters. The van der Waals surface area contributed by atoms with Gasteiger partial charge in [-0.25, -0.2) is 15.0 Å². The summed E-state index contributed by atoms with van der Waals surface area (Å²) in [6, 6.07) is 6.27. The van der Waals surface area contributed by atoms with E-state index in [1.807, 2.05) is 6.07 Å². The second-order valence-electron chi connectivity index (χ2n) is 5.77. The third kappa shape index (κ3) is 4.15. The molecule has 1 aliphatic heterocycles. The van der Waals surface area contributed by atoms with Crippen LogP contribution in [0.25, 0.3) is 0 Å². The van der Waals surface area contributed by atoms with Crippen LogP contribution in [-0.4, -0.2) is 34.6 Å². The molecule has 0 bridgehead atoms. The number of anilines is 2. The molecule has 1 saturated heterocycles. The zero-order valence-corrected chi connectivity index (χ0v) is 13.2. The van der Waals surface area contributed by atoms with E-state index in [2.05, 4.69) is 20.3 Å². The Labute approximate surface area is 142 Å². The van der Waals surface area contributed by atoms with E-state index in [9.17, 15) is 13.2 Å². The topological polar surface area (TPSA) is 77.7 Å². The number of nitrogens with one attached hydrogen (secondary N) is 1. The molecule has 0 aromatic carbocycles. The molecule has 0 amide bonds. The maximum atomic E-state index is 12.7. The molecule has 1 N–H and O–H groups in total. The quantitative estimate of drug-likeness (QED) is 0.915. The highest BCUT2D eigenvalue weighted by Crippen LogP contribution is 2.29. The zero-order valence-electron chi connectivity index (χ0n) is 13.2. The van der Waals surface area contributed by atoms with Gasteiger partial charge in [-0.05, 0) is 30.5 Å². The molecule has 3 rings (SSSR count). The van der Waals surface area contributed by atoms with E-state index in [0.29, 0.717) is 31.0 Å². The Hall–Kier alpha value is -2.89. The van der Waals surface area contributed by atoms with Gasteiger partial charge >= 0.3 is 6.18 Å². The number of nitrogens with zero attached hydrogens (tertiary/aromatic N) is 5. The van der Waals surface area contributed by atoms with E-state index in [0.717, 1.165) is 18.7 Å². The van der Waals surface area contributed by atoms with Gasteiger partial charge in [0.2, 0.25) is 5.95 Å². The monoisotopic (exact) mass is 348 g/mol. The lowest BCUT2D eigenvalue weighted by atomic mass is 10.1. The van der Waals surface area contributed by atoms with Crippen molar-refractivity contribution in [2.45, 2.75) is 12.6 Å². The number of hydrogen-bond acceptors (Lipinski definition) is 6. The van der Waals surface area contributed by atoms with Gasteiger partial charge in [0.05, 0.1) is 5.56 Å². The summed E-state index contributed by atoms with van der Waals surface area (Å²) in [5, 5.41) is 11.9. The SMILES string of the molecule is N#Cc1ccc(NC[C@@H]2CCN(c3nccc(C(F)(F)F)n3)C2)nc1. The molecule has 2 aromatic rings. The minimum absolute atomic E-state index is 0.105. The van der Waals surface area contributed by atoms with E-state index < -0.39 is 11.9 Å². The van der Waals surface area contributed by atoms with Crippen LogP contribution in [-0.2, 0) is 6.18 Å². The highest BCUT2D eigenvalue weighted by Gasteiger charge is 2.34. The molecule has 1 fully saturated rings. The lowest BCUT2D eigenvalue weighted by Crippen LogP contribution is -2.25. The average Bonchev–Trinajstić information content (AvgIpc) is 3.09. The van der Waals surface area contributed by atoms with E-state index >= 15 is 0 Å². The average molecular weight is 348 g/mol. The van der Waals surface area contributed by atoms with Crippen molar-refractivity contribution in [2.75, 3.05) is 29.9 Å². The van der Waals surface area contributed by atoms with E-state index in [1.54, 1.807) is 17.0 Å². The molecule has 3 heterocycles. The van der Waals surface area contributed by atoms with Crippen LogP contribution in [0.2, 0.25) is 0 Å². The molecule has 1 aliphatic rings. The van der Waals surface area contributed by atoms with Gasteiger partial charge in [-0.1, -0.05) is 0 Å². The summed E-state index contributed by atoms with van der Waals surface area (Å²) in [5.74, 6) is 1.01. The van der Waals surface area contributed by atoms with Crippen molar-refractivity contribution in [3.05, 3.63) is 41.9 Å². The van der Waals surface area contributed by atoms with Crippen LogP contribution in [0, 0.1) is 17.2 Å². The molecule has 130 valence electrons. The van der Waals surface area contributed by atoms with Crippen molar-refractivity contribution < 1.29 is 13.2 Å². The highest BCUT2D eigenvalue weighted by atomic mass is 19.4. The molecule has 6 nitrogen and oxygen atoms in total. The smallest absolute Gasteiger partial charge is 0.370 e. The normalized spacial score (nSPS) is 17.4. The van der Waals surface area contributed by atoms with Crippen molar-refractivity contribution in [3.63, 3.8) is 0 Å². The number of rotatable bonds is 4. The Morgan fingerprint density at radius 1 is 1.28 bits per heavy atom. The summed E-state index contributed by atoms with van der Waals surface area (Å²) >= 11 is 0. The second-order valence-corrected chi connectivity index (χ2v) is 5.77. The number of halogens is 3. The summed E-state index contributed by atoms with van der Waals surface area (Å²) in [5.41, 5.74) is -0.444. The maximum absolute atomic E-state index is 12.7. The third-order valence-electron chi connectivity index (χ3n) is 3.97. The fraction of sp³-hybridized carbons (Fsp3) is 0.375. The van der Waals surface area contributed by atoms with Gasteiger partial charge in [0.15, 0.2) is 0 Å². The first-order valence-electron chi connectivity index (χ1n) is 7.71. The number of pyridine rings is 1. The summed E-state index contributed by atoms with van der Waals surface area (Å²) in [6.07, 6.45) is -1.03. The van der Waals surface area contributed by atoms with Crippen molar-refractivity contribution >= 4 is 11.8 Å². The first kappa shape index (κ1) is 17.0. The Morgan fingerprint density at radius 2 is 2.12 bits per heavy atom. The van der Waals surface area contributed by atoms with Crippen LogP contribution < -0.4 is 10.2 Å². The van der Waals surface area contributed by atoms with Crippen LogP contribution in [0.3, 0.4) is 0 Å². The van der Waals surface area contributed by atoms with Crippen LogP contribution in [0.4, 0.5) is 24.9 Å². The molecule has 0 aliphatic carbocycles. The van der Waals surface area contributed by atoms with Crippen molar-refractivity contribution in [1.82, 2.24) is 15.0 Å². The minimum Gasteiger partial charge on any atom is -0.370 e. The fourth-order valence-corrected chi connectivity index (χ4v) is 2.65. The molecular formula is C16H15F3N6. The van der Waals surface area contributed by atoms with Crippen molar-refractivity contribution in [2.24, 2.45) is 5.92 Å². The van der Waals surface area contributed by atoms with Gasteiger partial charge < -0.3 is 10.2 Å². The number of aromatic nitrogens is 3. The summed E-state index contributed by atoms with van der Waals surface area (Å²) < 4.78 is 38.2. The minimum atomic E-state index is -4.47. The van der Waals surface area contributed by atoms with Crippen LogP contribution >= 0.6 is 0 Å². The molecule has 0 saturated carbocycles. The highest BCUT2D eigenvalue weighted by molar-refractivity contribution is 5.39. The molecule has 0 radical (unpaired) electrons. The van der Waals surface area contributed by atoms with Gasteiger partial charge in [0, 0.05) is 32.0 Å². The van der Waals surface area contributed by atoms with Crippen LogP contribution in [0.15, 0.2) is 30.6 Å². The third-order valence-corrected chi connectivity index (χ3v) is 3.97. The van der Waals surface area contributed by atoms with E-state index in [-0.39, 0.29) is 11.9 Å². The first-order valence-corrected chi connectivity index (χ1v) is 7.71. The predicted molar refractivity (Wildman–Crippen MR) is 84.8 cm³/mol. The number of hydrogen-bond donors (Lipinski definition) is 1. The van der Waals surface area contributed by atoms with Gasteiger partial charge in [-0.3, -0.25) is 0 Å². The largest absolute Gasteiger partial charge is 0.433 e.